The minimum Gasteiger partial charge on any atom is -0.317 e. The fourth-order valence-electron chi connectivity index (χ4n) is 3.77. The molecule has 29 heavy (non-hydrogen) atoms. The molecular weight excluding hydrogens is 498 g/mol. The van der Waals surface area contributed by atoms with Crippen molar-refractivity contribution in [2.75, 3.05) is 9.80 Å². The predicted octanol–water partition coefficient (Wildman–Crippen LogP) is 5.74. The Hall–Kier alpha value is -2.66. The molecule has 142 valence electrons. The van der Waals surface area contributed by atoms with E-state index in [1.54, 1.807) is 21.9 Å². The molecule has 2 heterocycles. The molecule has 2 aliphatic heterocycles. The minimum absolute atomic E-state index is 0.173. The summed E-state index contributed by atoms with van der Waals surface area (Å²) >= 11 is 6.87. The molecular formula is C22H13Br2N3O2. The number of epoxide rings is 1. The van der Waals surface area contributed by atoms with E-state index in [1.165, 1.54) is 0 Å². The maximum absolute atomic E-state index is 13.5. The average Bonchev–Trinajstić information content (AvgIpc) is 3.41. The van der Waals surface area contributed by atoms with Crippen molar-refractivity contribution in [1.82, 2.24) is 0 Å². The first-order valence-electron chi connectivity index (χ1n) is 8.87. The van der Waals surface area contributed by atoms with E-state index in [9.17, 15) is 10.1 Å². The lowest BCUT2D eigenvalue weighted by Crippen LogP contribution is -2.40. The zero-order valence-electron chi connectivity index (χ0n) is 14.9. The maximum atomic E-state index is 13.5. The van der Waals surface area contributed by atoms with Gasteiger partial charge in [0, 0.05) is 25.9 Å². The van der Waals surface area contributed by atoms with Gasteiger partial charge in [-0.25, -0.2) is 4.79 Å². The molecule has 2 fully saturated rings. The second kappa shape index (κ2) is 6.70. The fraction of sp³-hybridized carbons (Fsp3) is 0.0909. The molecule has 3 aromatic rings. The summed E-state index contributed by atoms with van der Waals surface area (Å²) in [6, 6.07) is 24.3. The molecule has 2 amide bonds. The molecule has 2 saturated heterocycles. The van der Waals surface area contributed by atoms with Crippen LogP contribution in [0.3, 0.4) is 0 Å². The number of rotatable bonds is 3. The van der Waals surface area contributed by atoms with E-state index in [1.807, 2.05) is 60.7 Å². The highest BCUT2D eigenvalue weighted by atomic mass is 79.9. The van der Waals surface area contributed by atoms with Gasteiger partial charge in [-0.3, -0.25) is 9.80 Å². The standard InChI is InChI=1S/C22H13Br2N3O2/c23-16-4-8-18(9-5-16)26-20-22(29-20,15-3-1-2-14(12-15)13-25)27(21(26)28)19-10-6-17(24)7-11-19/h1-12,20H. The number of hydrogen-bond acceptors (Lipinski definition) is 3. The first-order valence-corrected chi connectivity index (χ1v) is 10.5. The molecule has 0 aliphatic carbocycles. The normalized spacial score (nSPS) is 22.4. The minimum atomic E-state index is -0.967. The lowest BCUT2D eigenvalue weighted by Gasteiger charge is -2.27. The summed E-state index contributed by atoms with van der Waals surface area (Å²) in [5.74, 6) is 0. The summed E-state index contributed by atoms with van der Waals surface area (Å²) in [5, 5.41) is 9.33. The van der Waals surface area contributed by atoms with E-state index >= 15 is 0 Å². The largest absolute Gasteiger partial charge is 0.334 e. The van der Waals surface area contributed by atoms with Crippen LogP contribution in [0.5, 0.6) is 0 Å². The summed E-state index contributed by atoms with van der Waals surface area (Å²) in [5.41, 5.74) is 1.81. The Morgan fingerprint density at radius 1 is 0.931 bits per heavy atom. The number of carbonyl (C=O) groups is 1. The fourth-order valence-corrected chi connectivity index (χ4v) is 4.30. The summed E-state index contributed by atoms with van der Waals surface area (Å²) in [6.07, 6.45) is -0.478. The number of ether oxygens (including phenoxy) is 1. The van der Waals surface area contributed by atoms with Gasteiger partial charge in [0.2, 0.25) is 5.72 Å². The maximum Gasteiger partial charge on any atom is 0.334 e. The third kappa shape index (κ3) is 2.79. The lowest BCUT2D eigenvalue weighted by atomic mass is 10.0. The van der Waals surface area contributed by atoms with Gasteiger partial charge in [0.15, 0.2) is 6.23 Å². The predicted molar refractivity (Wildman–Crippen MR) is 116 cm³/mol. The first-order chi connectivity index (χ1) is 14.0. The number of urea groups is 1. The van der Waals surface area contributed by atoms with Gasteiger partial charge >= 0.3 is 6.03 Å². The highest BCUT2D eigenvalue weighted by Gasteiger charge is 2.74. The van der Waals surface area contributed by atoms with Gasteiger partial charge in [0.25, 0.3) is 0 Å². The van der Waals surface area contributed by atoms with Crippen molar-refractivity contribution in [3.05, 3.63) is 92.9 Å². The zero-order valence-corrected chi connectivity index (χ0v) is 18.1. The molecule has 2 atom stereocenters. The molecule has 5 rings (SSSR count). The van der Waals surface area contributed by atoms with Crippen LogP contribution in [-0.4, -0.2) is 12.3 Å². The van der Waals surface area contributed by atoms with Crippen molar-refractivity contribution in [1.29, 1.82) is 5.26 Å². The molecule has 7 heteroatoms. The number of nitrogens with zero attached hydrogens (tertiary/aromatic N) is 3. The number of benzene rings is 3. The van der Waals surface area contributed by atoms with Crippen LogP contribution in [0.1, 0.15) is 11.1 Å². The van der Waals surface area contributed by atoms with Crippen molar-refractivity contribution in [3.63, 3.8) is 0 Å². The lowest BCUT2D eigenvalue weighted by molar-refractivity contribution is 0.224. The number of nitriles is 1. The van der Waals surface area contributed by atoms with E-state index in [0.717, 1.165) is 25.9 Å². The molecule has 2 unspecified atom stereocenters. The van der Waals surface area contributed by atoms with Gasteiger partial charge in [-0.15, -0.1) is 0 Å². The number of fused-ring (bicyclic) bond motifs is 1. The zero-order chi connectivity index (χ0) is 20.2. The van der Waals surface area contributed by atoms with Gasteiger partial charge in [-0.1, -0.05) is 44.0 Å². The molecule has 3 aromatic carbocycles. The molecule has 5 nitrogen and oxygen atoms in total. The van der Waals surface area contributed by atoms with Crippen LogP contribution in [0.25, 0.3) is 0 Å². The molecule has 0 N–H and O–H groups in total. The first kappa shape index (κ1) is 18.4. The van der Waals surface area contributed by atoms with E-state index in [-0.39, 0.29) is 6.03 Å². The van der Waals surface area contributed by atoms with E-state index in [4.69, 9.17) is 4.74 Å². The van der Waals surface area contributed by atoms with Gasteiger partial charge in [0.1, 0.15) is 0 Å². The van der Waals surface area contributed by atoms with Gasteiger partial charge in [-0.05, 0) is 60.7 Å². The van der Waals surface area contributed by atoms with Crippen molar-refractivity contribution >= 4 is 49.3 Å². The number of carbonyl (C=O) groups excluding carboxylic acids is 1. The summed E-state index contributed by atoms with van der Waals surface area (Å²) in [6.45, 7) is 0. The summed E-state index contributed by atoms with van der Waals surface area (Å²) < 4.78 is 8.04. The van der Waals surface area contributed by atoms with Crippen LogP contribution in [0, 0.1) is 11.3 Å². The SMILES string of the molecule is N#Cc1cccc(C23OC2N(c2ccc(Br)cc2)C(=O)N3c2ccc(Br)cc2)c1. The van der Waals surface area contributed by atoms with Crippen LogP contribution < -0.4 is 9.80 Å². The van der Waals surface area contributed by atoms with Crippen molar-refractivity contribution < 1.29 is 9.53 Å². The molecule has 0 saturated carbocycles. The van der Waals surface area contributed by atoms with E-state index in [0.29, 0.717) is 5.56 Å². The van der Waals surface area contributed by atoms with Crippen molar-refractivity contribution in [2.45, 2.75) is 12.0 Å². The van der Waals surface area contributed by atoms with Crippen molar-refractivity contribution in [3.8, 4) is 6.07 Å². The molecule has 0 spiro atoms. The number of anilines is 2. The number of amides is 2. The highest BCUT2D eigenvalue weighted by molar-refractivity contribution is 9.10. The van der Waals surface area contributed by atoms with Crippen LogP contribution in [0.4, 0.5) is 16.2 Å². The van der Waals surface area contributed by atoms with Gasteiger partial charge in [-0.2, -0.15) is 5.26 Å². The Kier molecular flexibility index (Phi) is 4.24. The quantitative estimate of drug-likeness (QED) is 0.422. The molecule has 0 aromatic heterocycles. The highest BCUT2D eigenvalue weighted by Crippen LogP contribution is 2.58. The third-order valence-corrected chi connectivity index (χ3v) is 6.19. The Balaban J connectivity index is 1.66. The topological polar surface area (TPSA) is 59.9 Å². The Labute approximate surface area is 184 Å². The van der Waals surface area contributed by atoms with E-state index in [2.05, 4.69) is 37.9 Å². The average molecular weight is 511 g/mol. The Morgan fingerprint density at radius 3 is 2.17 bits per heavy atom. The van der Waals surface area contributed by atoms with E-state index < -0.39 is 12.0 Å². The smallest absolute Gasteiger partial charge is 0.317 e. The third-order valence-electron chi connectivity index (χ3n) is 5.13. The second-order valence-electron chi connectivity index (χ2n) is 6.80. The van der Waals surface area contributed by atoms with Crippen LogP contribution >= 0.6 is 31.9 Å². The second-order valence-corrected chi connectivity index (χ2v) is 8.63. The molecule has 2 aliphatic rings. The van der Waals surface area contributed by atoms with Crippen LogP contribution in [0.15, 0.2) is 81.7 Å². The molecule has 0 radical (unpaired) electrons. The number of halogens is 2. The number of hydrogen-bond donors (Lipinski definition) is 0. The summed E-state index contributed by atoms with van der Waals surface area (Å²) in [7, 11) is 0. The molecule has 0 bridgehead atoms. The van der Waals surface area contributed by atoms with Crippen molar-refractivity contribution in [2.24, 2.45) is 0 Å². The monoisotopic (exact) mass is 509 g/mol. The Morgan fingerprint density at radius 2 is 1.55 bits per heavy atom. The van der Waals surface area contributed by atoms with Gasteiger partial charge in [0.05, 0.1) is 11.6 Å². The van der Waals surface area contributed by atoms with Crippen LogP contribution in [-0.2, 0) is 10.5 Å². The van der Waals surface area contributed by atoms with Gasteiger partial charge < -0.3 is 4.74 Å². The Bertz CT molecular complexity index is 1160. The van der Waals surface area contributed by atoms with Crippen LogP contribution in [0.2, 0.25) is 0 Å². The summed E-state index contributed by atoms with van der Waals surface area (Å²) in [4.78, 5) is 16.9.